The topological polar surface area (TPSA) is 55.1 Å². The van der Waals surface area contributed by atoms with E-state index in [9.17, 15) is 4.79 Å². The lowest BCUT2D eigenvalue weighted by Gasteiger charge is -2.06. The van der Waals surface area contributed by atoms with Gasteiger partial charge in [-0.25, -0.2) is 0 Å². The molecule has 18 heavy (non-hydrogen) atoms. The van der Waals surface area contributed by atoms with E-state index in [1.165, 1.54) is 0 Å². The highest BCUT2D eigenvalue weighted by atomic mass is 32.1. The molecule has 94 valence electrons. The van der Waals surface area contributed by atoms with Gasteiger partial charge in [0, 0.05) is 18.5 Å². The molecule has 1 aromatic carbocycles. The fraction of sp³-hybridized carbons (Fsp3) is 0.214. The Bertz CT molecular complexity index is 531. The molecule has 3 N–H and O–H groups in total. The Labute approximate surface area is 111 Å². The SMILES string of the molecule is Cc1cscc1C(=O)NCc1ccc(CN)cc1. The van der Waals surface area contributed by atoms with Crippen LogP contribution < -0.4 is 11.1 Å². The second-order valence-electron chi connectivity index (χ2n) is 4.17. The van der Waals surface area contributed by atoms with Gasteiger partial charge >= 0.3 is 0 Å². The summed E-state index contributed by atoms with van der Waals surface area (Å²) in [4.78, 5) is 11.9. The van der Waals surface area contributed by atoms with E-state index >= 15 is 0 Å². The van der Waals surface area contributed by atoms with Crippen molar-refractivity contribution in [2.45, 2.75) is 20.0 Å². The van der Waals surface area contributed by atoms with Crippen LogP contribution in [0.1, 0.15) is 27.0 Å². The van der Waals surface area contributed by atoms with E-state index in [4.69, 9.17) is 5.73 Å². The molecule has 2 aromatic rings. The summed E-state index contributed by atoms with van der Waals surface area (Å²) in [7, 11) is 0. The van der Waals surface area contributed by atoms with Gasteiger partial charge in [0.15, 0.2) is 0 Å². The highest BCUT2D eigenvalue weighted by molar-refractivity contribution is 7.08. The summed E-state index contributed by atoms with van der Waals surface area (Å²) in [6, 6.07) is 7.94. The van der Waals surface area contributed by atoms with Crippen molar-refractivity contribution in [3.05, 3.63) is 57.3 Å². The Kier molecular flexibility index (Phi) is 4.12. The lowest BCUT2D eigenvalue weighted by atomic mass is 10.1. The first kappa shape index (κ1) is 12.8. The van der Waals surface area contributed by atoms with E-state index in [0.717, 1.165) is 22.3 Å². The molecule has 1 amide bonds. The molecule has 0 aliphatic carbocycles. The van der Waals surface area contributed by atoms with Gasteiger partial charge in [-0.05, 0) is 29.0 Å². The minimum Gasteiger partial charge on any atom is -0.348 e. The van der Waals surface area contributed by atoms with Crippen molar-refractivity contribution in [2.75, 3.05) is 0 Å². The first-order valence-corrected chi connectivity index (χ1v) is 6.74. The Morgan fingerprint density at radius 3 is 2.44 bits per heavy atom. The fourth-order valence-corrected chi connectivity index (χ4v) is 2.49. The molecular weight excluding hydrogens is 244 g/mol. The number of carbonyl (C=O) groups is 1. The number of amides is 1. The van der Waals surface area contributed by atoms with Crippen molar-refractivity contribution >= 4 is 17.2 Å². The van der Waals surface area contributed by atoms with Crippen molar-refractivity contribution in [2.24, 2.45) is 5.73 Å². The molecule has 0 bridgehead atoms. The number of benzene rings is 1. The van der Waals surface area contributed by atoms with E-state index in [1.807, 2.05) is 41.9 Å². The van der Waals surface area contributed by atoms with Crippen molar-refractivity contribution in [3.63, 3.8) is 0 Å². The maximum atomic E-state index is 11.9. The zero-order valence-corrected chi connectivity index (χ0v) is 11.1. The second-order valence-corrected chi connectivity index (χ2v) is 4.92. The molecule has 3 nitrogen and oxygen atoms in total. The van der Waals surface area contributed by atoms with E-state index in [-0.39, 0.29) is 5.91 Å². The van der Waals surface area contributed by atoms with Crippen molar-refractivity contribution in [3.8, 4) is 0 Å². The van der Waals surface area contributed by atoms with Crippen LogP contribution in [0.15, 0.2) is 35.0 Å². The van der Waals surface area contributed by atoms with Crippen LogP contribution in [0.25, 0.3) is 0 Å². The summed E-state index contributed by atoms with van der Waals surface area (Å²) < 4.78 is 0. The first-order valence-electron chi connectivity index (χ1n) is 5.79. The molecule has 0 atom stereocenters. The van der Waals surface area contributed by atoms with E-state index < -0.39 is 0 Å². The summed E-state index contributed by atoms with van der Waals surface area (Å²) in [5.74, 6) is -0.0170. The van der Waals surface area contributed by atoms with Gasteiger partial charge < -0.3 is 11.1 Å². The van der Waals surface area contributed by atoms with Crippen LogP contribution in [0.5, 0.6) is 0 Å². The molecule has 4 heteroatoms. The number of aryl methyl sites for hydroxylation is 1. The molecule has 0 spiro atoms. The first-order chi connectivity index (χ1) is 8.70. The lowest BCUT2D eigenvalue weighted by Crippen LogP contribution is -2.22. The molecule has 0 saturated heterocycles. The van der Waals surface area contributed by atoms with Gasteiger partial charge in [-0.1, -0.05) is 24.3 Å². The molecular formula is C14H16N2OS. The number of nitrogens with one attached hydrogen (secondary N) is 1. The van der Waals surface area contributed by atoms with E-state index in [1.54, 1.807) is 11.3 Å². The molecule has 0 radical (unpaired) electrons. The Balaban J connectivity index is 1.95. The summed E-state index contributed by atoms with van der Waals surface area (Å²) in [5, 5.41) is 6.77. The van der Waals surface area contributed by atoms with Crippen molar-refractivity contribution < 1.29 is 4.79 Å². The van der Waals surface area contributed by atoms with Crippen LogP contribution in [0, 0.1) is 6.92 Å². The predicted molar refractivity (Wildman–Crippen MR) is 74.6 cm³/mol. The summed E-state index contributed by atoms with van der Waals surface area (Å²) in [5.41, 5.74) is 9.49. The van der Waals surface area contributed by atoms with Gasteiger partial charge in [0.1, 0.15) is 0 Å². The molecule has 0 fully saturated rings. The quantitative estimate of drug-likeness (QED) is 0.887. The predicted octanol–water partition coefficient (Wildman–Crippen LogP) is 2.45. The maximum Gasteiger partial charge on any atom is 0.252 e. The van der Waals surface area contributed by atoms with Gasteiger partial charge in [-0.2, -0.15) is 11.3 Å². The van der Waals surface area contributed by atoms with Gasteiger partial charge in [0.05, 0.1) is 5.56 Å². The van der Waals surface area contributed by atoms with Gasteiger partial charge in [0.25, 0.3) is 5.91 Å². The maximum absolute atomic E-state index is 11.9. The summed E-state index contributed by atoms with van der Waals surface area (Å²) in [6.45, 7) is 3.03. The van der Waals surface area contributed by atoms with E-state index in [2.05, 4.69) is 5.32 Å². The monoisotopic (exact) mass is 260 g/mol. The largest absolute Gasteiger partial charge is 0.348 e. The third kappa shape index (κ3) is 2.97. The highest BCUT2D eigenvalue weighted by Gasteiger charge is 2.08. The van der Waals surface area contributed by atoms with Crippen LogP contribution >= 0.6 is 11.3 Å². The van der Waals surface area contributed by atoms with Crippen LogP contribution in [-0.4, -0.2) is 5.91 Å². The standard InChI is InChI=1S/C14H16N2OS/c1-10-8-18-9-13(10)14(17)16-7-12-4-2-11(6-15)3-5-12/h2-5,8-9H,6-7,15H2,1H3,(H,16,17). The zero-order chi connectivity index (χ0) is 13.0. The van der Waals surface area contributed by atoms with Crippen LogP contribution in [-0.2, 0) is 13.1 Å². The molecule has 0 unspecified atom stereocenters. The average Bonchev–Trinajstić information content (AvgIpc) is 2.83. The van der Waals surface area contributed by atoms with E-state index in [0.29, 0.717) is 13.1 Å². The number of thiophene rings is 1. The lowest BCUT2D eigenvalue weighted by molar-refractivity contribution is 0.0951. The Morgan fingerprint density at radius 2 is 1.89 bits per heavy atom. The minimum atomic E-state index is -0.0170. The molecule has 0 saturated carbocycles. The summed E-state index contributed by atoms with van der Waals surface area (Å²) in [6.07, 6.45) is 0. The Morgan fingerprint density at radius 1 is 1.22 bits per heavy atom. The second kappa shape index (κ2) is 5.80. The average molecular weight is 260 g/mol. The number of hydrogen-bond donors (Lipinski definition) is 2. The van der Waals surface area contributed by atoms with Crippen LogP contribution in [0.3, 0.4) is 0 Å². The molecule has 2 rings (SSSR count). The third-order valence-electron chi connectivity index (χ3n) is 2.81. The highest BCUT2D eigenvalue weighted by Crippen LogP contribution is 2.13. The zero-order valence-electron chi connectivity index (χ0n) is 10.3. The molecule has 0 aliphatic rings. The number of nitrogens with two attached hydrogens (primary N) is 1. The molecule has 0 aliphatic heterocycles. The van der Waals surface area contributed by atoms with Gasteiger partial charge in [0.2, 0.25) is 0 Å². The van der Waals surface area contributed by atoms with Crippen LogP contribution in [0.2, 0.25) is 0 Å². The normalized spacial score (nSPS) is 10.3. The van der Waals surface area contributed by atoms with Crippen molar-refractivity contribution in [1.82, 2.24) is 5.32 Å². The molecule has 1 aromatic heterocycles. The number of rotatable bonds is 4. The number of hydrogen-bond acceptors (Lipinski definition) is 3. The summed E-state index contributed by atoms with van der Waals surface area (Å²) >= 11 is 1.55. The third-order valence-corrected chi connectivity index (χ3v) is 3.67. The fourth-order valence-electron chi connectivity index (χ4n) is 1.66. The molecule has 1 heterocycles. The Hall–Kier alpha value is -1.65. The number of carbonyl (C=O) groups excluding carboxylic acids is 1. The smallest absolute Gasteiger partial charge is 0.252 e. The van der Waals surface area contributed by atoms with Gasteiger partial charge in [-0.3, -0.25) is 4.79 Å². The minimum absolute atomic E-state index is 0.0170. The van der Waals surface area contributed by atoms with Crippen LogP contribution in [0.4, 0.5) is 0 Å². The van der Waals surface area contributed by atoms with Gasteiger partial charge in [-0.15, -0.1) is 0 Å². The van der Waals surface area contributed by atoms with Crippen molar-refractivity contribution in [1.29, 1.82) is 0 Å².